The predicted molar refractivity (Wildman–Crippen MR) is 52.3 cm³/mol. The first-order chi connectivity index (χ1) is 7.20. The van der Waals surface area contributed by atoms with Gasteiger partial charge in [0.25, 0.3) is 5.56 Å². The highest BCUT2D eigenvalue weighted by Crippen LogP contribution is 2.05. The molecule has 0 amide bonds. The molecule has 0 atom stereocenters. The maximum atomic E-state index is 13.3. The number of hydrogen-bond acceptors (Lipinski definition) is 3. The Hall–Kier alpha value is -2.04. The van der Waals surface area contributed by atoms with Crippen LogP contribution in [0.2, 0.25) is 0 Å². The number of aromatic nitrogens is 3. The molecule has 0 aliphatic rings. The van der Waals surface area contributed by atoms with Gasteiger partial charge in [0.2, 0.25) is 0 Å². The average molecular weight is 205 g/mol. The first-order valence-electron chi connectivity index (χ1n) is 4.35. The topological polar surface area (TPSA) is 47.8 Å². The zero-order valence-electron chi connectivity index (χ0n) is 8.01. The Bertz CT molecular complexity index is 550. The van der Waals surface area contributed by atoms with E-state index < -0.39 is 5.82 Å². The summed E-state index contributed by atoms with van der Waals surface area (Å²) in [4.78, 5) is 19.2. The third kappa shape index (κ3) is 1.63. The summed E-state index contributed by atoms with van der Waals surface area (Å²) >= 11 is 0. The van der Waals surface area contributed by atoms with Gasteiger partial charge < -0.3 is 0 Å². The van der Waals surface area contributed by atoms with Crippen molar-refractivity contribution in [3.8, 4) is 5.82 Å². The standard InChI is InChI=1S/C10H8FN3O/c1-7-10(15)14(6-5-12-7)9-8(11)3-2-4-13-9/h2-6H,1H3. The summed E-state index contributed by atoms with van der Waals surface area (Å²) in [6.07, 6.45) is 4.26. The number of halogens is 1. The Kier molecular flexibility index (Phi) is 2.29. The zero-order chi connectivity index (χ0) is 10.8. The van der Waals surface area contributed by atoms with Gasteiger partial charge in [0, 0.05) is 18.6 Å². The molecule has 4 nitrogen and oxygen atoms in total. The summed E-state index contributed by atoms with van der Waals surface area (Å²) in [6, 6.07) is 2.72. The van der Waals surface area contributed by atoms with Crippen molar-refractivity contribution in [3.63, 3.8) is 0 Å². The molecule has 5 heteroatoms. The molecule has 0 aromatic carbocycles. The van der Waals surface area contributed by atoms with E-state index in [1.807, 2.05) is 0 Å². The fourth-order valence-electron chi connectivity index (χ4n) is 1.23. The van der Waals surface area contributed by atoms with E-state index >= 15 is 0 Å². The molecule has 2 aromatic heterocycles. The van der Waals surface area contributed by atoms with Crippen LogP contribution in [-0.2, 0) is 0 Å². The molecule has 0 saturated heterocycles. The van der Waals surface area contributed by atoms with E-state index in [2.05, 4.69) is 9.97 Å². The Balaban J connectivity index is 2.70. The lowest BCUT2D eigenvalue weighted by Crippen LogP contribution is -2.22. The van der Waals surface area contributed by atoms with Crippen molar-refractivity contribution in [1.29, 1.82) is 0 Å². The molecule has 0 radical (unpaired) electrons. The number of rotatable bonds is 1. The molecule has 2 aromatic rings. The van der Waals surface area contributed by atoms with Crippen molar-refractivity contribution in [1.82, 2.24) is 14.5 Å². The van der Waals surface area contributed by atoms with Crippen LogP contribution in [0.3, 0.4) is 0 Å². The lowest BCUT2D eigenvalue weighted by molar-refractivity contribution is 0.606. The lowest BCUT2D eigenvalue weighted by Gasteiger charge is -2.04. The fourth-order valence-corrected chi connectivity index (χ4v) is 1.23. The van der Waals surface area contributed by atoms with Crippen LogP contribution in [0.25, 0.3) is 5.82 Å². The van der Waals surface area contributed by atoms with Gasteiger partial charge in [0.05, 0.1) is 0 Å². The fraction of sp³-hybridized carbons (Fsp3) is 0.100. The van der Waals surface area contributed by atoms with Gasteiger partial charge in [0.15, 0.2) is 11.6 Å². The first kappa shape index (κ1) is 9.51. The SMILES string of the molecule is Cc1nccn(-c2ncccc2F)c1=O. The third-order valence-corrected chi connectivity index (χ3v) is 1.98. The molecular formula is C10H8FN3O. The van der Waals surface area contributed by atoms with Crippen molar-refractivity contribution in [3.05, 3.63) is 52.6 Å². The summed E-state index contributed by atoms with van der Waals surface area (Å²) in [5.74, 6) is -0.543. The minimum absolute atomic E-state index is 0.00648. The molecule has 76 valence electrons. The number of pyridine rings is 1. The molecule has 0 aliphatic heterocycles. The Morgan fingerprint density at radius 1 is 1.33 bits per heavy atom. The summed E-state index contributed by atoms with van der Waals surface area (Å²) in [6.45, 7) is 1.57. The van der Waals surface area contributed by atoms with Crippen molar-refractivity contribution < 1.29 is 4.39 Å². The summed E-state index contributed by atoms with van der Waals surface area (Å²) in [5.41, 5.74) is -0.0577. The van der Waals surface area contributed by atoms with Crippen LogP contribution in [0.5, 0.6) is 0 Å². The quantitative estimate of drug-likeness (QED) is 0.699. The summed E-state index contributed by atoms with van der Waals surface area (Å²) < 4.78 is 14.5. The van der Waals surface area contributed by atoms with Crippen molar-refractivity contribution in [2.75, 3.05) is 0 Å². The highest BCUT2D eigenvalue weighted by molar-refractivity contribution is 5.24. The van der Waals surface area contributed by atoms with Gasteiger partial charge in [-0.25, -0.2) is 9.37 Å². The normalized spacial score (nSPS) is 10.3. The van der Waals surface area contributed by atoms with Crippen molar-refractivity contribution >= 4 is 0 Å². The van der Waals surface area contributed by atoms with Crippen LogP contribution < -0.4 is 5.56 Å². The molecule has 0 saturated carbocycles. The van der Waals surface area contributed by atoms with Crippen molar-refractivity contribution in [2.24, 2.45) is 0 Å². The van der Waals surface area contributed by atoms with Gasteiger partial charge in [-0.15, -0.1) is 0 Å². The number of aryl methyl sites for hydroxylation is 1. The summed E-state index contributed by atoms with van der Waals surface area (Å²) in [7, 11) is 0. The van der Waals surface area contributed by atoms with E-state index in [0.717, 1.165) is 4.57 Å². The van der Waals surface area contributed by atoms with E-state index in [9.17, 15) is 9.18 Å². The second-order valence-electron chi connectivity index (χ2n) is 3.00. The zero-order valence-corrected chi connectivity index (χ0v) is 8.01. The molecule has 0 aliphatic carbocycles. The molecule has 0 fully saturated rings. The molecule has 2 heterocycles. The van der Waals surface area contributed by atoms with Gasteiger partial charge >= 0.3 is 0 Å². The van der Waals surface area contributed by atoms with Crippen LogP contribution in [0, 0.1) is 12.7 Å². The van der Waals surface area contributed by atoms with Crippen LogP contribution in [0.1, 0.15) is 5.69 Å². The highest BCUT2D eigenvalue weighted by Gasteiger charge is 2.07. The second-order valence-corrected chi connectivity index (χ2v) is 3.00. The lowest BCUT2D eigenvalue weighted by atomic mass is 10.4. The van der Waals surface area contributed by atoms with Gasteiger partial charge in [-0.1, -0.05) is 0 Å². The van der Waals surface area contributed by atoms with Crippen LogP contribution in [0.4, 0.5) is 4.39 Å². The van der Waals surface area contributed by atoms with Gasteiger partial charge in [-0.3, -0.25) is 14.3 Å². The molecule has 0 N–H and O–H groups in total. The van der Waals surface area contributed by atoms with Gasteiger partial charge in [-0.2, -0.15) is 0 Å². The molecule has 15 heavy (non-hydrogen) atoms. The van der Waals surface area contributed by atoms with Gasteiger partial charge in [0.1, 0.15) is 5.69 Å². The molecule has 0 bridgehead atoms. The van der Waals surface area contributed by atoms with Crippen LogP contribution >= 0.6 is 0 Å². The smallest absolute Gasteiger partial charge is 0.267 e. The Morgan fingerprint density at radius 2 is 2.13 bits per heavy atom. The van der Waals surface area contributed by atoms with E-state index in [1.165, 1.54) is 30.7 Å². The van der Waals surface area contributed by atoms with E-state index in [4.69, 9.17) is 0 Å². The maximum absolute atomic E-state index is 13.3. The molecule has 0 spiro atoms. The number of nitrogens with zero attached hydrogens (tertiary/aromatic N) is 3. The number of hydrogen-bond donors (Lipinski definition) is 0. The van der Waals surface area contributed by atoms with Crippen LogP contribution in [0.15, 0.2) is 35.5 Å². The monoisotopic (exact) mass is 205 g/mol. The second kappa shape index (κ2) is 3.61. The van der Waals surface area contributed by atoms with E-state index in [0.29, 0.717) is 5.69 Å². The first-order valence-corrected chi connectivity index (χ1v) is 4.35. The minimum atomic E-state index is -0.537. The van der Waals surface area contributed by atoms with E-state index in [-0.39, 0.29) is 11.4 Å². The molecule has 0 unspecified atom stereocenters. The largest absolute Gasteiger partial charge is 0.277 e. The minimum Gasteiger partial charge on any atom is -0.267 e. The Morgan fingerprint density at radius 3 is 2.87 bits per heavy atom. The van der Waals surface area contributed by atoms with Crippen LogP contribution in [-0.4, -0.2) is 14.5 Å². The maximum Gasteiger partial charge on any atom is 0.277 e. The highest BCUT2D eigenvalue weighted by atomic mass is 19.1. The Labute approximate surface area is 85.0 Å². The summed E-state index contributed by atoms with van der Waals surface area (Å²) in [5, 5.41) is 0. The average Bonchev–Trinajstić information content (AvgIpc) is 2.23. The van der Waals surface area contributed by atoms with E-state index in [1.54, 1.807) is 6.92 Å². The third-order valence-electron chi connectivity index (χ3n) is 1.98. The molecule has 2 rings (SSSR count). The molecular weight excluding hydrogens is 197 g/mol. The van der Waals surface area contributed by atoms with Gasteiger partial charge in [-0.05, 0) is 19.1 Å². The van der Waals surface area contributed by atoms with Crippen molar-refractivity contribution in [2.45, 2.75) is 6.92 Å². The predicted octanol–water partition coefficient (Wildman–Crippen LogP) is 1.08.